The minimum absolute atomic E-state index is 0.187. The van der Waals surface area contributed by atoms with E-state index in [0.717, 1.165) is 17.1 Å². The molecule has 1 fully saturated rings. The molecule has 0 spiro atoms. The Kier molecular flexibility index (Phi) is 5.53. The lowest BCUT2D eigenvalue weighted by Crippen LogP contribution is -2.30. The van der Waals surface area contributed by atoms with E-state index in [9.17, 15) is 4.79 Å². The summed E-state index contributed by atoms with van der Waals surface area (Å²) in [5, 5.41) is 3.34. The highest BCUT2D eigenvalue weighted by atomic mass is 32.1. The summed E-state index contributed by atoms with van der Waals surface area (Å²) in [5.74, 6) is 1.37. The number of benzene rings is 2. The molecule has 134 valence electrons. The summed E-state index contributed by atoms with van der Waals surface area (Å²) in [4.78, 5) is 14.2. The molecule has 26 heavy (non-hydrogen) atoms. The topological polar surface area (TPSA) is 50.8 Å². The van der Waals surface area contributed by atoms with Gasteiger partial charge in [0.25, 0.3) is 5.91 Å². The third-order valence-corrected chi connectivity index (χ3v) is 4.07. The second-order valence-electron chi connectivity index (χ2n) is 5.56. The number of anilines is 1. The molecule has 0 saturated carbocycles. The molecule has 1 aliphatic heterocycles. The average molecular weight is 368 g/mol. The third kappa shape index (κ3) is 3.86. The van der Waals surface area contributed by atoms with Crippen LogP contribution in [0.25, 0.3) is 6.08 Å². The van der Waals surface area contributed by atoms with Crippen molar-refractivity contribution in [1.82, 2.24) is 5.32 Å². The lowest BCUT2D eigenvalue weighted by molar-refractivity contribution is -0.113. The zero-order chi connectivity index (χ0) is 18.5. The van der Waals surface area contributed by atoms with Crippen molar-refractivity contribution in [3.8, 4) is 11.5 Å². The van der Waals surface area contributed by atoms with Gasteiger partial charge in [-0.2, -0.15) is 0 Å². The number of carbonyl (C=O) groups excluding carboxylic acids is 1. The van der Waals surface area contributed by atoms with Crippen LogP contribution in [0.1, 0.15) is 19.4 Å². The molecular weight excluding hydrogens is 348 g/mol. The van der Waals surface area contributed by atoms with Crippen LogP contribution in [0.4, 0.5) is 5.69 Å². The molecule has 0 radical (unpaired) electrons. The fourth-order valence-electron chi connectivity index (χ4n) is 2.62. The van der Waals surface area contributed by atoms with Gasteiger partial charge in [-0.05, 0) is 74.1 Å². The molecule has 1 aliphatic rings. The van der Waals surface area contributed by atoms with E-state index in [0.29, 0.717) is 29.7 Å². The number of hydrogen-bond acceptors (Lipinski definition) is 4. The average Bonchev–Trinajstić information content (AvgIpc) is 2.92. The van der Waals surface area contributed by atoms with E-state index >= 15 is 0 Å². The Labute approximate surface area is 158 Å². The predicted octanol–water partition coefficient (Wildman–Crippen LogP) is 3.75. The predicted molar refractivity (Wildman–Crippen MR) is 106 cm³/mol. The van der Waals surface area contributed by atoms with E-state index in [1.165, 1.54) is 4.90 Å². The monoisotopic (exact) mass is 368 g/mol. The number of hydrogen-bond donors (Lipinski definition) is 1. The molecule has 1 amide bonds. The van der Waals surface area contributed by atoms with E-state index in [-0.39, 0.29) is 5.91 Å². The maximum Gasteiger partial charge on any atom is 0.281 e. The highest BCUT2D eigenvalue weighted by Crippen LogP contribution is 2.25. The summed E-state index contributed by atoms with van der Waals surface area (Å²) < 4.78 is 10.9. The molecule has 1 heterocycles. The van der Waals surface area contributed by atoms with Crippen LogP contribution in [-0.2, 0) is 4.79 Å². The van der Waals surface area contributed by atoms with E-state index in [2.05, 4.69) is 5.32 Å². The third-order valence-electron chi connectivity index (χ3n) is 3.79. The Morgan fingerprint density at radius 1 is 0.962 bits per heavy atom. The molecule has 3 rings (SSSR count). The van der Waals surface area contributed by atoms with Gasteiger partial charge < -0.3 is 14.8 Å². The lowest BCUT2D eigenvalue weighted by Gasteiger charge is -2.14. The molecule has 0 aliphatic carbocycles. The van der Waals surface area contributed by atoms with Crippen molar-refractivity contribution in [2.75, 3.05) is 18.1 Å². The van der Waals surface area contributed by atoms with E-state index in [1.807, 2.05) is 62.4 Å². The van der Waals surface area contributed by atoms with Gasteiger partial charge in [0.1, 0.15) is 17.2 Å². The Morgan fingerprint density at radius 2 is 1.50 bits per heavy atom. The quantitative estimate of drug-likeness (QED) is 0.622. The summed E-state index contributed by atoms with van der Waals surface area (Å²) in [5.41, 5.74) is 2.03. The fourth-order valence-corrected chi connectivity index (χ4v) is 2.92. The number of nitrogens with zero attached hydrogens (tertiary/aromatic N) is 1. The van der Waals surface area contributed by atoms with Gasteiger partial charge in [-0.15, -0.1) is 0 Å². The van der Waals surface area contributed by atoms with Gasteiger partial charge in [-0.3, -0.25) is 9.69 Å². The number of ether oxygens (including phenoxy) is 2. The van der Waals surface area contributed by atoms with Gasteiger partial charge in [-0.25, -0.2) is 0 Å². The molecule has 2 aromatic rings. The summed E-state index contributed by atoms with van der Waals surface area (Å²) in [7, 11) is 0. The van der Waals surface area contributed by atoms with Crippen LogP contribution in [0.3, 0.4) is 0 Å². The highest BCUT2D eigenvalue weighted by molar-refractivity contribution is 7.80. The lowest BCUT2D eigenvalue weighted by atomic mass is 10.2. The normalized spacial score (nSPS) is 15.3. The van der Waals surface area contributed by atoms with Crippen LogP contribution in [0.15, 0.2) is 54.2 Å². The summed E-state index contributed by atoms with van der Waals surface area (Å²) in [6, 6.07) is 14.8. The first-order valence-electron chi connectivity index (χ1n) is 8.45. The van der Waals surface area contributed by atoms with Gasteiger partial charge in [0.15, 0.2) is 5.11 Å². The maximum atomic E-state index is 12.8. The minimum Gasteiger partial charge on any atom is -0.494 e. The van der Waals surface area contributed by atoms with Crippen molar-refractivity contribution >= 4 is 35.0 Å². The maximum absolute atomic E-state index is 12.8. The standard InChI is InChI=1S/C20H20N2O3S/c1-3-24-16-9-5-14(6-10-16)13-18-19(23)22(20(26)21-18)15-7-11-17(12-8-15)25-4-2/h5-13H,3-4H2,1-2H3,(H,21,26)/b18-13+. The number of nitrogens with one attached hydrogen (secondary N) is 1. The smallest absolute Gasteiger partial charge is 0.281 e. The number of rotatable bonds is 6. The molecule has 1 saturated heterocycles. The molecule has 0 unspecified atom stereocenters. The molecule has 0 atom stereocenters. The zero-order valence-corrected chi connectivity index (χ0v) is 15.5. The number of carbonyl (C=O) groups is 1. The second-order valence-corrected chi connectivity index (χ2v) is 5.94. The number of thiocarbonyl (C=S) groups is 1. The molecule has 1 N–H and O–H groups in total. The van der Waals surface area contributed by atoms with Crippen LogP contribution in [0.5, 0.6) is 11.5 Å². The molecule has 6 heteroatoms. The van der Waals surface area contributed by atoms with Gasteiger partial charge in [0.05, 0.1) is 18.9 Å². The Balaban J connectivity index is 1.79. The first-order valence-corrected chi connectivity index (χ1v) is 8.86. The molecule has 5 nitrogen and oxygen atoms in total. The van der Waals surface area contributed by atoms with Gasteiger partial charge in [0.2, 0.25) is 0 Å². The van der Waals surface area contributed by atoms with Crippen LogP contribution >= 0.6 is 12.2 Å². The summed E-state index contributed by atoms with van der Waals surface area (Å²) >= 11 is 5.33. The van der Waals surface area contributed by atoms with Crippen molar-refractivity contribution in [2.24, 2.45) is 0 Å². The van der Waals surface area contributed by atoms with Crippen LogP contribution in [-0.4, -0.2) is 24.2 Å². The Bertz CT molecular complexity index is 829. The summed E-state index contributed by atoms with van der Waals surface area (Å²) in [6.45, 7) is 5.07. The van der Waals surface area contributed by atoms with Crippen molar-refractivity contribution in [3.05, 3.63) is 59.8 Å². The number of amides is 1. The van der Waals surface area contributed by atoms with Gasteiger partial charge >= 0.3 is 0 Å². The molecule has 0 aromatic heterocycles. The first-order chi connectivity index (χ1) is 12.6. The van der Waals surface area contributed by atoms with E-state index in [1.54, 1.807) is 6.08 Å². The Morgan fingerprint density at radius 3 is 2.04 bits per heavy atom. The zero-order valence-electron chi connectivity index (χ0n) is 14.7. The van der Waals surface area contributed by atoms with Gasteiger partial charge in [-0.1, -0.05) is 12.1 Å². The molecule has 2 aromatic carbocycles. The van der Waals surface area contributed by atoms with Gasteiger partial charge in [0, 0.05) is 0 Å². The van der Waals surface area contributed by atoms with E-state index < -0.39 is 0 Å². The first kappa shape index (κ1) is 17.9. The van der Waals surface area contributed by atoms with E-state index in [4.69, 9.17) is 21.7 Å². The Hall–Kier alpha value is -2.86. The molecule has 0 bridgehead atoms. The summed E-state index contributed by atoms with van der Waals surface area (Å²) in [6.07, 6.45) is 1.78. The highest BCUT2D eigenvalue weighted by Gasteiger charge is 2.31. The van der Waals surface area contributed by atoms with Crippen molar-refractivity contribution in [2.45, 2.75) is 13.8 Å². The minimum atomic E-state index is -0.187. The van der Waals surface area contributed by atoms with Crippen molar-refractivity contribution in [1.29, 1.82) is 0 Å². The van der Waals surface area contributed by atoms with Crippen LogP contribution in [0.2, 0.25) is 0 Å². The largest absolute Gasteiger partial charge is 0.494 e. The van der Waals surface area contributed by atoms with Crippen molar-refractivity contribution in [3.63, 3.8) is 0 Å². The second kappa shape index (κ2) is 8.01. The fraction of sp³-hybridized carbons (Fsp3) is 0.200. The molecular formula is C20H20N2O3S. The SMILES string of the molecule is CCOc1ccc(/C=C2/NC(=S)N(c3ccc(OCC)cc3)C2=O)cc1. The van der Waals surface area contributed by atoms with Crippen LogP contribution < -0.4 is 19.7 Å². The van der Waals surface area contributed by atoms with Crippen molar-refractivity contribution < 1.29 is 14.3 Å². The van der Waals surface area contributed by atoms with Crippen LogP contribution in [0, 0.1) is 0 Å².